The minimum atomic E-state index is -0.195. The van der Waals surface area contributed by atoms with Crippen molar-refractivity contribution in [1.82, 2.24) is 5.32 Å². The fraction of sp³-hybridized carbons (Fsp3) is 0.571. The molecule has 0 bridgehead atoms. The first-order chi connectivity index (χ1) is 8.72. The van der Waals surface area contributed by atoms with E-state index in [-0.39, 0.29) is 11.9 Å². The molecule has 100 valence electrons. The third-order valence-corrected chi connectivity index (χ3v) is 5.00. The Morgan fingerprint density at radius 2 is 2.33 bits per heavy atom. The SMILES string of the molecule is CCNC(c1ccc(Cl)cc1F)C1CCCCS1. The second-order valence-electron chi connectivity index (χ2n) is 4.61. The summed E-state index contributed by atoms with van der Waals surface area (Å²) in [7, 11) is 0. The van der Waals surface area contributed by atoms with Crippen molar-refractivity contribution in [3.63, 3.8) is 0 Å². The van der Waals surface area contributed by atoms with Gasteiger partial charge in [0, 0.05) is 21.9 Å². The zero-order valence-electron chi connectivity index (χ0n) is 10.6. The van der Waals surface area contributed by atoms with Gasteiger partial charge in [-0.25, -0.2) is 4.39 Å². The van der Waals surface area contributed by atoms with Crippen LogP contribution in [-0.2, 0) is 0 Å². The monoisotopic (exact) mass is 287 g/mol. The summed E-state index contributed by atoms with van der Waals surface area (Å²) in [5, 5.41) is 4.35. The first-order valence-electron chi connectivity index (χ1n) is 6.52. The Morgan fingerprint density at radius 1 is 1.50 bits per heavy atom. The average molecular weight is 288 g/mol. The molecule has 0 aliphatic carbocycles. The van der Waals surface area contributed by atoms with Gasteiger partial charge in [0.1, 0.15) is 5.82 Å². The minimum absolute atomic E-state index is 0.0950. The topological polar surface area (TPSA) is 12.0 Å². The average Bonchev–Trinajstić information content (AvgIpc) is 2.38. The van der Waals surface area contributed by atoms with Gasteiger partial charge in [-0.15, -0.1) is 0 Å². The molecular formula is C14H19ClFNS. The summed E-state index contributed by atoms with van der Waals surface area (Å²) in [6.45, 7) is 2.91. The van der Waals surface area contributed by atoms with E-state index in [1.165, 1.54) is 24.7 Å². The van der Waals surface area contributed by atoms with Crippen LogP contribution in [0.1, 0.15) is 37.8 Å². The van der Waals surface area contributed by atoms with Crippen LogP contribution in [0.4, 0.5) is 4.39 Å². The number of halogens is 2. The molecule has 2 atom stereocenters. The smallest absolute Gasteiger partial charge is 0.129 e. The molecule has 0 radical (unpaired) electrons. The Balaban J connectivity index is 2.22. The van der Waals surface area contributed by atoms with Crippen molar-refractivity contribution in [3.8, 4) is 0 Å². The number of hydrogen-bond donors (Lipinski definition) is 1. The molecule has 1 N–H and O–H groups in total. The third-order valence-electron chi connectivity index (χ3n) is 3.31. The zero-order chi connectivity index (χ0) is 13.0. The summed E-state index contributed by atoms with van der Waals surface area (Å²) >= 11 is 7.78. The van der Waals surface area contributed by atoms with Crippen molar-refractivity contribution >= 4 is 23.4 Å². The maximum absolute atomic E-state index is 14.0. The highest BCUT2D eigenvalue weighted by atomic mass is 35.5. The van der Waals surface area contributed by atoms with E-state index in [0.717, 1.165) is 18.5 Å². The van der Waals surface area contributed by atoms with Gasteiger partial charge < -0.3 is 5.32 Å². The third kappa shape index (κ3) is 3.40. The first kappa shape index (κ1) is 14.2. The van der Waals surface area contributed by atoms with Crippen LogP contribution in [0.3, 0.4) is 0 Å². The van der Waals surface area contributed by atoms with Crippen molar-refractivity contribution < 1.29 is 4.39 Å². The molecule has 1 heterocycles. The lowest BCUT2D eigenvalue weighted by atomic mass is 9.99. The quantitative estimate of drug-likeness (QED) is 0.880. The van der Waals surface area contributed by atoms with E-state index < -0.39 is 0 Å². The maximum atomic E-state index is 14.0. The summed E-state index contributed by atoms with van der Waals surface area (Å²) in [5.41, 5.74) is 0.751. The molecule has 1 saturated heterocycles. The summed E-state index contributed by atoms with van der Waals surface area (Å²) < 4.78 is 14.0. The highest BCUT2D eigenvalue weighted by molar-refractivity contribution is 8.00. The lowest BCUT2D eigenvalue weighted by Crippen LogP contribution is -2.32. The van der Waals surface area contributed by atoms with Crippen LogP contribution >= 0.6 is 23.4 Å². The number of hydrogen-bond acceptors (Lipinski definition) is 2. The predicted molar refractivity (Wildman–Crippen MR) is 77.9 cm³/mol. The van der Waals surface area contributed by atoms with Crippen molar-refractivity contribution in [2.75, 3.05) is 12.3 Å². The minimum Gasteiger partial charge on any atom is -0.309 e. The normalized spacial score (nSPS) is 21.8. The van der Waals surface area contributed by atoms with E-state index in [9.17, 15) is 4.39 Å². The van der Waals surface area contributed by atoms with Crippen LogP contribution in [0.5, 0.6) is 0 Å². The molecule has 0 spiro atoms. The fourth-order valence-electron chi connectivity index (χ4n) is 2.44. The lowest BCUT2D eigenvalue weighted by Gasteiger charge is -2.31. The van der Waals surface area contributed by atoms with E-state index >= 15 is 0 Å². The van der Waals surface area contributed by atoms with Crippen LogP contribution in [0.2, 0.25) is 5.02 Å². The Hall–Kier alpha value is -0.250. The van der Waals surface area contributed by atoms with Gasteiger partial charge >= 0.3 is 0 Å². The number of thioether (sulfide) groups is 1. The van der Waals surface area contributed by atoms with Crippen LogP contribution < -0.4 is 5.32 Å². The van der Waals surface area contributed by atoms with Crippen LogP contribution in [0.15, 0.2) is 18.2 Å². The molecule has 1 aromatic carbocycles. The van der Waals surface area contributed by atoms with Crippen LogP contribution in [-0.4, -0.2) is 17.5 Å². The molecule has 2 unspecified atom stereocenters. The van der Waals surface area contributed by atoms with E-state index in [4.69, 9.17) is 11.6 Å². The second kappa shape index (κ2) is 6.78. The van der Waals surface area contributed by atoms with Gasteiger partial charge in [-0.05, 0) is 37.3 Å². The Bertz CT molecular complexity index is 393. The van der Waals surface area contributed by atoms with Crippen molar-refractivity contribution in [1.29, 1.82) is 0 Å². The second-order valence-corrected chi connectivity index (χ2v) is 6.39. The van der Waals surface area contributed by atoms with Gasteiger partial charge in [0.15, 0.2) is 0 Å². The molecule has 1 nitrogen and oxygen atoms in total. The zero-order valence-corrected chi connectivity index (χ0v) is 12.2. The first-order valence-corrected chi connectivity index (χ1v) is 7.95. The summed E-state index contributed by atoms with van der Waals surface area (Å²) in [5.74, 6) is 0.988. The van der Waals surface area contributed by atoms with Gasteiger partial charge in [0.2, 0.25) is 0 Å². The molecule has 4 heteroatoms. The molecule has 1 aliphatic heterocycles. The van der Waals surface area contributed by atoms with E-state index in [1.54, 1.807) is 6.07 Å². The fourth-order valence-corrected chi connectivity index (χ4v) is 4.04. The molecule has 0 amide bonds. The van der Waals surface area contributed by atoms with Crippen molar-refractivity contribution in [2.24, 2.45) is 0 Å². The highest BCUT2D eigenvalue weighted by Crippen LogP contribution is 2.36. The molecular weight excluding hydrogens is 269 g/mol. The van der Waals surface area contributed by atoms with Gasteiger partial charge in [-0.3, -0.25) is 0 Å². The molecule has 1 fully saturated rings. The van der Waals surface area contributed by atoms with Crippen molar-refractivity contribution in [3.05, 3.63) is 34.6 Å². The molecule has 1 aromatic rings. The molecule has 2 rings (SSSR count). The summed E-state index contributed by atoms with van der Waals surface area (Å²) in [4.78, 5) is 0. The molecule has 18 heavy (non-hydrogen) atoms. The van der Waals surface area contributed by atoms with E-state index in [2.05, 4.69) is 12.2 Å². The van der Waals surface area contributed by atoms with Gasteiger partial charge in [-0.1, -0.05) is 31.0 Å². The van der Waals surface area contributed by atoms with Gasteiger partial charge in [-0.2, -0.15) is 11.8 Å². The van der Waals surface area contributed by atoms with Crippen molar-refractivity contribution in [2.45, 2.75) is 37.5 Å². The Morgan fingerprint density at radius 3 is 2.94 bits per heavy atom. The standard InChI is InChI=1S/C14H19ClFNS/c1-2-17-14(13-5-3-4-8-18-13)11-7-6-10(15)9-12(11)16/h6-7,9,13-14,17H,2-5,8H2,1H3. The molecule has 0 saturated carbocycles. The lowest BCUT2D eigenvalue weighted by molar-refractivity contribution is 0.469. The number of rotatable bonds is 4. The van der Waals surface area contributed by atoms with E-state index in [0.29, 0.717) is 10.3 Å². The van der Waals surface area contributed by atoms with E-state index in [1.807, 2.05) is 17.8 Å². The molecule has 1 aliphatic rings. The summed E-state index contributed by atoms with van der Waals surface area (Å²) in [6, 6.07) is 5.10. The number of nitrogens with one attached hydrogen (secondary N) is 1. The Labute approximate surface area is 117 Å². The maximum Gasteiger partial charge on any atom is 0.129 e. The summed E-state index contributed by atoms with van der Waals surface area (Å²) in [6.07, 6.45) is 3.68. The van der Waals surface area contributed by atoms with Gasteiger partial charge in [0.25, 0.3) is 0 Å². The number of benzene rings is 1. The largest absolute Gasteiger partial charge is 0.309 e. The predicted octanol–water partition coefficient (Wildman–Crippen LogP) is 4.42. The highest BCUT2D eigenvalue weighted by Gasteiger charge is 2.26. The Kier molecular flexibility index (Phi) is 5.34. The van der Waals surface area contributed by atoms with Crippen LogP contribution in [0, 0.1) is 5.82 Å². The van der Waals surface area contributed by atoms with Gasteiger partial charge in [0.05, 0.1) is 0 Å². The van der Waals surface area contributed by atoms with Crippen LogP contribution in [0.25, 0.3) is 0 Å². The molecule has 0 aromatic heterocycles.